The summed E-state index contributed by atoms with van der Waals surface area (Å²) in [7, 11) is 1.92. The van der Waals surface area contributed by atoms with Crippen LogP contribution in [-0.4, -0.2) is 29.9 Å². The Morgan fingerprint density at radius 2 is 2.00 bits per heavy atom. The second-order valence-electron chi connectivity index (χ2n) is 6.88. The molecule has 1 aliphatic heterocycles. The van der Waals surface area contributed by atoms with E-state index in [1.54, 1.807) is 0 Å². The Labute approximate surface area is 122 Å². The first-order chi connectivity index (χ1) is 9.30. The van der Waals surface area contributed by atoms with E-state index in [1.165, 1.54) is 5.56 Å². The molecule has 1 N–H and O–H groups in total. The van der Waals surface area contributed by atoms with E-state index >= 15 is 0 Å². The third-order valence-electron chi connectivity index (χ3n) is 4.53. The molecule has 1 aliphatic rings. The molecule has 1 amide bonds. The molecular weight excluding hydrogens is 248 g/mol. The van der Waals surface area contributed by atoms with Crippen LogP contribution < -0.4 is 5.32 Å². The lowest BCUT2D eigenvalue weighted by Crippen LogP contribution is -2.50. The van der Waals surface area contributed by atoms with E-state index in [0.29, 0.717) is 0 Å². The summed E-state index contributed by atoms with van der Waals surface area (Å²) in [6, 6.07) is 8.37. The van der Waals surface area contributed by atoms with Gasteiger partial charge in [-0.15, -0.1) is 0 Å². The van der Waals surface area contributed by atoms with Crippen molar-refractivity contribution in [1.82, 2.24) is 4.90 Å². The molecule has 0 radical (unpaired) electrons. The van der Waals surface area contributed by atoms with Crippen molar-refractivity contribution in [2.45, 2.75) is 52.6 Å². The second kappa shape index (κ2) is 5.47. The van der Waals surface area contributed by atoms with Crippen LogP contribution in [-0.2, 0) is 11.2 Å². The van der Waals surface area contributed by atoms with Gasteiger partial charge in [0.05, 0.1) is 0 Å². The van der Waals surface area contributed by atoms with Crippen LogP contribution in [0.25, 0.3) is 0 Å². The zero-order chi connectivity index (χ0) is 14.9. The summed E-state index contributed by atoms with van der Waals surface area (Å²) in [4.78, 5) is 14.6. The van der Waals surface area contributed by atoms with Crippen molar-refractivity contribution in [2.24, 2.45) is 5.41 Å². The fourth-order valence-electron chi connectivity index (χ4n) is 2.64. The Kier molecular flexibility index (Phi) is 4.07. The number of hydrogen-bond acceptors (Lipinski definition) is 2. The Bertz CT molecular complexity index is 490. The van der Waals surface area contributed by atoms with Gasteiger partial charge in [-0.3, -0.25) is 4.79 Å². The summed E-state index contributed by atoms with van der Waals surface area (Å²) in [5, 5.41) is 3.39. The first-order valence-electron chi connectivity index (χ1n) is 7.42. The largest absolute Gasteiger partial charge is 0.373 e. The van der Waals surface area contributed by atoms with Gasteiger partial charge in [0.25, 0.3) is 0 Å². The van der Waals surface area contributed by atoms with Gasteiger partial charge in [0.15, 0.2) is 0 Å². The van der Waals surface area contributed by atoms with E-state index in [1.807, 2.05) is 18.0 Å². The number of rotatable bonds is 2. The van der Waals surface area contributed by atoms with E-state index in [-0.39, 0.29) is 23.4 Å². The van der Waals surface area contributed by atoms with Gasteiger partial charge >= 0.3 is 0 Å². The third-order valence-corrected chi connectivity index (χ3v) is 4.53. The summed E-state index contributed by atoms with van der Waals surface area (Å²) in [5.74, 6) is 0.196. The quantitative estimate of drug-likeness (QED) is 0.897. The van der Waals surface area contributed by atoms with E-state index < -0.39 is 0 Å². The van der Waals surface area contributed by atoms with Gasteiger partial charge in [0, 0.05) is 18.8 Å². The topological polar surface area (TPSA) is 32.3 Å². The average Bonchev–Trinajstić information content (AvgIpc) is 2.43. The molecule has 2 unspecified atom stereocenters. The van der Waals surface area contributed by atoms with Gasteiger partial charge in [-0.05, 0) is 36.8 Å². The van der Waals surface area contributed by atoms with E-state index in [0.717, 1.165) is 18.5 Å². The number of carbonyl (C=O) groups excluding carboxylic acids is 1. The predicted octanol–water partition coefficient (Wildman–Crippen LogP) is 3.31. The number of aryl methyl sites for hydroxylation is 1. The molecule has 0 aliphatic carbocycles. The average molecular weight is 274 g/mol. The molecule has 0 fully saturated rings. The standard InChI is InChI=1S/C17H26N2O/c1-12(17(2,3)4)19(5)16(20)15-11-10-13-8-6-7-9-14(13)18-15/h6-9,12,15,18H,10-11H2,1-5H3. The zero-order valence-corrected chi connectivity index (χ0v) is 13.2. The zero-order valence-electron chi connectivity index (χ0n) is 13.2. The summed E-state index contributed by atoms with van der Waals surface area (Å²) in [5.41, 5.74) is 2.51. The predicted molar refractivity (Wildman–Crippen MR) is 83.9 cm³/mol. The molecule has 3 nitrogen and oxygen atoms in total. The van der Waals surface area contributed by atoms with Gasteiger partial charge in [-0.25, -0.2) is 0 Å². The van der Waals surface area contributed by atoms with Crippen molar-refractivity contribution in [3.63, 3.8) is 0 Å². The molecule has 1 aromatic carbocycles. The van der Waals surface area contributed by atoms with Crippen LogP contribution in [0.5, 0.6) is 0 Å². The molecule has 20 heavy (non-hydrogen) atoms. The summed E-state index contributed by atoms with van der Waals surface area (Å²) in [6.45, 7) is 8.63. The molecule has 1 heterocycles. The molecule has 1 aromatic rings. The first-order valence-corrected chi connectivity index (χ1v) is 7.42. The summed E-state index contributed by atoms with van der Waals surface area (Å²) >= 11 is 0. The molecule has 0 bridgehead atoms. The molecule has 0 saturated heterocycles. The van der Waals surface area contributed by atoms with Gasteiger partial charge in [-0.2, -0.15) is 0 Å². The van der Waals surface area contributed by atoms with Crippen LogP contribution in [0.4, 0.5) is 5.69 Å². The van der Waals surface area contributed by atoms with Gasteiger partial charge in [-0.1, -0.05) is 39.0 Å². The molecule has 2 atom stereocenters. The lowest BCUT2D eigenvalue weighted by Gasteiger charge is -2.38. The second-order valence-corrected chi connectivity index (χ2v) is 6.88. The van der Waals surface area contributed by atoms with Crippen molar-refractivity contribution in [1.29, 1.82) is 0 Å². The number of anilines is 1. The fourth-order valence-corrected chi connectivity index (χ4v) is 2.64. The lowest BCUT2D eigenvalue weighted by atomic mass is 9.86. The Hall–Kier alpha value is -1.51. The molecule has 3 heteroatoms. The number of benzene rings is 1. The maximum atomic E-state index is 12.7. The number of fused-ring (bicyclic) bond motifs is 1. The SMILES string of the molecule is CC(N(C)C(=O)C1CCc2ccccc2N1)C(C)(C)C. The smallest absolute Gasteiger partial charge is 0.245 e. The molecule has 110 valence electrons. The highest BCUT2D eigenvalue weighted by molar-refractivity contribution is 5.85. The van der Waals surface area contributed by atoms with E-state index in [2.05, 4.69) is 51.2 Å². The lowest BCUT2D eigenvalue weighted by molar-refractivity contribution is -0.134. The minimum atomic E-state index is -0.0975. The maximum Gasteiger partial charge on any atom is 0.245 e. The highest BCUT2D eigenvalue weighted by Crippen LogP contribution is 2.27. The monoisotopic (exact) mass is 274 g/mol. The van der Waals surface area contributed by atoms with Crippen LogP contribution in [0.1, 0.15) is 39.7 Å². The van der Waals surface area contributed by atoms with Crippen LogP contribution in [0, 0.1) is 5.41 Å². The first kappa shape index (κ1) is 14.9. The fraction of sp³-hybridized carbons (Fsp3) is 0.588. The molecule has 0 aromatic heterocycles. The minimum Gasteiger partial charge on any atom is -0.373 e. The number of nitrogens with one attached hydrogen (secondary N) is 1. The number of amides is 1. The van der Waals surface area contributed by atoms with Crippen molar-refractivity contribution >= 4 is 11.6 Å². The Morgan fingerprint density at radius 3 is 2.65 bits per heavy atom. The van der Waals surface area contributed by atoms with Gasteiger partial charge in [0.1, 0.15) is 6.04 Å². The van der Waals surface area contributed by atoms with Gasteiger partial charge < -0.3 is 10.2 Å². The van der Waals surface area contributed by atoms with Crippen molar-refractivity contribution in [2.75, 3.05) is 12.4 Å². The van der Waals surface area contributed by atoms with Crippen LogP contribution in [0.3, 0.4) is 0 Å². The van der Waals surface area contributed by atoms with Crippen molar-refractivity contribution in [3.8, 4) is 0 Å². The number of para-hydroxylation sites is 1. The maximum absolute atomic E-state index is 12.7. The number of likely N-dealkylation sites (N-methyl/N-ethyl adjacent to an activating group) is 1. The highest BCUT2D eigenvalue weighted by atomic mass is 16.2. The highest BCUT2D eigenvalue weighted by Gasteiger charge is 2.32. The number of carbonyl (C=O) groups is 1. The minimum absolute atomic E-state index is 0.0942. The van der Waals surface area contributed by atoms with Crippen LogP contribution in [0.2, 0.25) is 0 Å². The van der Waals surface area contributed by atoms with Crippen LogP contribution in [0.15, 0.2) is 24.3 Å². The number of hydrogen-bond donors (Lipinski definition) is 1. The van der Waals surface area contributed by atoms with E-state index in [9.17, 15) is 4.79 Å². The summed E-state index contributed by atoms with van der Waals surface area (Å²) < 4.78 is 0. The molecule has 0 spiro atoms. The Morgan fingerprint density at radius 1 is 1.35 bits per heavy atom. The van der Waals surface area contributed by atoms with Gasteiger partial charge in [0.2, 0.25) is 5.91 Å². The number of nitrogens with zero attached hydrogens (tertiary/aromatic N) is 1. The Balaban J connectivity index is 2.08. The molecule has 2 rings (SSSR count). The summed E-state index contributed by atoms with van der Waals surface area (Å²) in [6.07, 6.45) is 1.84. The van der Waals surface area contributed by atoms with Crippen molar-refractivity contribution < 1.29 is 4.79 Å². The van der Waals surface area contributed by atoms with Crippen LogP contribution >= 0.6 is 0 Å². The normalized spacial score (nSPS) is 19.8. The molecule has 0 saturated carbocycles. The van der Waals surface area contributed by atoms with Crippen molar-refractivity contribution in [3.05, 3.63) is 29.8 Å². The third kappa shape index (κ3) is 2.97. The molecular formula is C17H26N2O. The van der Waals surface area contributed by atoms with E-state index in [4.69, 9.17) is 0 Å².